The lowest BCUT2D eigenvalue weighted by molar-refractivity contribution is 0.298. The Hall–Kier alpha value is -1.40. The van der Waals surface area contributed by atoms with Gasteiger partial charge in [0.05, 0.1) is 6.20 Å². The van der Waals surface area contributed by atoms with Gasteiger partial charge >= 0.3 is 0 Å². The van der Waals surface area contributed by atoms with E-state index in [4.69, 9.17) is 10.5 Å². The Bertz CT molecular complexity index is 512. The Labute approximate surface area is 108 Å². The van der Waals surface area contributed by atoms with Gasteiger partial charge in [-0.1, -0.05) is 21.1 Å². The molecule has 2 N–H and O–H groups in total. The summed E-state index contributed by atoms with van der Waals surface area (Å²) in [6.07, 6.45) is 1.82. The maximum absolute atomic E-state index is 5.67. The predicted octanol–water partition coefficient (Wildman–Crippen LogP) is 1.62. The second-order valence-electron chi connectivity index (χ2n) is 3.63. The quantitative estimate of drug-likeness (QED) is 0.931. The first kappa shape index (κ1) is 12.1. The SMILES string of the molecule is Cn1cc(COc2ccc(Br)cc2CN)nn1. The number of hydrogen-bond donors (Lipinski definition) is 1. The Morgan fingerprint density at radius 1 is 1.47 bits per heavy atom. The van der Waals surface area contributed by atoms with E-state index in [1.807, 2.05) is 31.4 Å². The minimum atomic E-state index is 0.391. The average molecular weight is 297 g/mol. The van der Waals surface area contributed by atoms with Crippen molar-refractivity contribution in [2.75, 3.05) is 0 Å². The van der Waals surface area contributed by atoms with E-state index in [1.165, 1.54) is 0 Å². The molecule has 0 saturated heterocycles. The van der Waals surface area contributed by atoms with Crippen LogP contribution in [0.1, 0.15) is 11.3 Å². The molecule has 0 aliphatic rings. The fourth-order valence-electron chi connectivity index (χ4n) is 1.46. The molecule has 5 nitrogen and oxygen atoms in total. The number of nitrogens with two attached hydrogens (primary N) is 1. The van der Waals surface area contributed by atoms with E-state index < -0.39 is 0 Å². The number of halogens is 1. The first-order valence-corrected chi connectivity index (χ1v) is 5.95. The molecule has 0 atom stereocenters. The molecule has 1 aromatic carbocycles. The van der Waals surface area contributed by atoms with Gasteiger partial charge in [0.1, 0.15) is 18.1 Å². The summed E-state index contributed by atoms with van der Waals surface area (Å²) in [6.45, 7) is 0.831. The highest BCUT2D eigenvalue weighted by Gasteiger charge is 2.05. The molecule has 0 saturated carbocycles. The molecule has 0 aliphatic heterocycles. The second-order valence-corrected chi connectivity index (χ2v) is 4.54. The zero-order chi connectivity index (χ0) is 12.3. The molecule has 0 aliphatic carbocycles. The predicted molar refractivity (Wildman–Crippen MR) is 67.4 cm³/mol. The van der Waals surface area contributed by atoms with Crippen molar-refractivity contribution in [3.63, 3.8) is 0 Å². The van der Waals surface area contributed by atoms with Crippen molar-refractivity contribution in [1.29, 1.82) is 0 Å². The summed E-state index contributed by atoms with van der Waals surface area (Å²) in [5.74, 6) is 0.779. The third kappa shape index (κ3) is 3.04. The summed E-state index contributed by atoms with van der Waals surface area (Å²) in [5.41, 5.74) is 7.41. The fourth-order valence-corrected chi connectivity index (χ4v) is 1.87. The fraction of sp³-hybridized carbons (Fsp3) is 0.273. The van der Waals surface area contributed by atoms with Gasteiger partial charge < -0.3 is 10.5 Å². The molecule has 17 heavy (non-hydrogen) atoms. The monoisotopic (exact) mass is 296 g/mol. The minimum Gasteiger partial charge on any atom is -0.487 e. The van der Waals surface area contributed by atoms with Crippen molar-refractivity contribution in [3.8, 4) is 5.75 Å². The summed E-state index contributed by atoms with van der Waals surface area (Å²) < 4.78 is 8.30. The van der Waals surface area contributed by atoms with Crippen LogP contribution in [0.3, 0.4) is 0 Å². The number of nitrogens with zero attached hydrogens (tertiary/aromatic N) is 3. The van der Waals surface area contributed by atoms with E-state index in [2.05, 4.69) is 26.2 Å². The number of ether oxygens (including phenoxy) is 1. The summed E-state index contributed by atoms with van der Waals surface area (Å²) in [6, 6.07) is 5.76. The smallest absolute Gasteiger partial charge is 0.134 e. The van der Waals surface area contributed by atoms with Crippen LogP contribution in [0, 0.1) is 0 Å². The lowest BCUT2D eigenvalue weighted by atomic mass is 10.2. The number of benzene rings is 1. The molecule has 0 unspecified atom stereocenters. The molecule has 90 valence electrons. The van der Waals surface area contributed by atoms with Gasteiger partial charge in [-0.25, -0.2) is 0 Å². The van der Waals surface area contributed by atoms with Crippen molar-refractivity contribution in [2.24, 2.45) is 12.8 Å². The van der Waals surface area contributed by atoms with Crippen LogP contribution in [0.25, 0.3) is 0 Å². The van der Waals surface area contributed by atoms with Crippen molar-refractivity contribution >= 4 is 15.9 Å². The van der Waals surface area contributed by atoms with Crippen molar-refractivity contribution in [2.45, 2.75) is 13.2 Å². The van der Waals surface area contributed by atoms with Gasteiger partial charge in [0.2, 0.25) is 0 Å². The molecule has 0 bridgehead atoms. The Morgan fingerprint density at radius 2 is 2.29 bits per heavy atom. The number of hydrogen-bond acceptors (Lipinski definition) is 4. The lowest BCUT2D eigenvalue weighted by Crippen LogP contribution is -2.03. The van der Waals surface area contributed by atoms with Crippen LogP contribution in [0.4, 0.5) is 0 Å². The van der Waals surface area contributed by atoms with E-state index >= 15 is 0 Å². The molecule has 1 aromatic heterocycles. The standard InChI is InChI=1S/C11H13BrN4O/c1-16-6-10(14-15-16)7-17-11-3-2-9(12)4-8(11)5-13/h2-4,6H,5,7,13H2,1H3. The van der Waals surface area contributed by atoms with Crippen molar-refractivity contribution in [1.82, 2.24) is 15.0 Å². The maximum Gasteiger partial charge on any atom is 0.134 e. The van der Waals surface area contributed by atoms with Crippen LogP contribution >= 0.6 is 15.9 Å². The number of aryl methyl sites for hydroxylation is 1. The molecule has 0 fully saturated rings. The topological polar surface area (TPSA) is 66.0 Å². The van der Waals surface area contributed by atoms with Gasteiger partial charge in [0, 0.05) is 23.6 Å². The first-order valence-electron chi connectivity index (χ1n) is 5.15. The van der Waals surface area contributed by atoms with Crippen LogP contribution in [-0.2, 0) is 20.2 Å². The third-order valence-electron chi connectivity index (χ3n) is 2.27. The molecule has 6 heteroatoms. The van der Waals surface area contributed by atoms with E-state index in [1.54, 1.807) is 4.68 Å². The largest absolute Gasteiger partial charge is 0.487 e. The van der Waals surface area contributed by atoms with E-state index in [0.29, 0.717) is 13.2 Å². The lowest BCUT2D eigenvalue weighted by Gasteiger charge is -2.09. The van der Waals surface area contributed by atoms with Crippen LogP contribution in [-0.4, -0.2) is 15.0 Å². The van der Waals surface area contributed by atoms with E-state index in [-0.39, 0.29) is 0 Å². The van der Waals surface area contributed by atoms with E-state index in [0.717, 1.165) is 21.5 Å². The average Bonchev–Trinajstić information content (AvgIpc) is 2.73. The van der Waals surface area contributed by atoms with Crippen molar-refractivity contribution < 1.29 is 4.74 Å². The van der Waals surface area contributed by atoms with Crippen molar-refractivity contribution in [3.05, 3.63) is 40.1 Å². The van der Waals surface area contributed by atoms with Crippen LogP contribution < -0.4 is 10.5 Å². The summed E-state index contributed by atoms with van der Waals surface area (Å²) >= 11 is 3.40. The molecule has 0 amide bonds. The van der Waals surface area contributed by atoms with Crippen LogP contribution in [0.2, 0.25) is 0 Å². The van der Waals surface area contributed by atoms with E-state index in [9.17, 15) is 0 Å². The maximum atomic E-state index is 5.67. The normalized spacial score (nSPS) is 10.5. The summed E-state index contributed by atoms with van der Waals surface area (Å²) in [5, 5.41) is 7.79. The molecule has 2 aromatic rings. The molecular weight excluding hydrogens is 284 g/mol. The highest BCUT2D eigenvalue weighted by Crippen LogP contribution is 2.23. The summed E-state index contributed by atoms with van der Waals surface area (Å²) in [7, 11) is 1.82. The second kappa shape index (κ2) is 5.29. The molecular formula is C11H13BrN4O. The zero-order valence-corrected chi connectivity index (χ0v) is 11.0. The first-order chi connectivity index (χ1) is 8.19. The molecule has 2 rings (SSSR count). The van der Waals surface area contributed by atoms with Gasteiger partial charge in [-0.3, -0.25) is 4.68 Å². The zero-order valence-electron chi connectivity index (χ0n) is 9.43. The Balaban J connectivity index is 2.08. The number of aromatic nitrogens is 3. The third-order valence-corrected chi connectivity index (χ3v) is 2.76. The van der Waals surface area contributed by atoms with Crippen LogP contribution in [0.5, 0.6) is 5.75 Å². The highest BCUT2D eigenvalue weighted by molar-refractivity contribution is 9.10. The Morgan fingerprint density at radius 3 is 2.94 bits per heavy atom. The van der Waals surface area contributed by atoms with Gasteiger partial charge in [0.25, 0.3) is 0 Å². The summed E-state index contributed by atoms with van der Waals surface area (Å²) in [4.78, 5) is 0. The van der Waals surface area contributed by atoms with Gasteiger partial charge in [-0.05, 0) is 18.2 Å². The van der Waals surface area contributed by atoms with Gasteiger partial charge in [-0.2, -0.15) is 0 Å². The minimum absolute atomic E-state index is 0.391. The highest BCUT2D eigenvalue weighted by atomic mass is 79.9. The Kier molecular flexibility index (Phi) is 3.75. The van der Waals surface area contributed by atoms with Crippen LogP contribution in [0.15, 0.2) is 28.9 Å². The van der Waals surface area contributed by atoms with Gasteiger partial charge in [0.15, 0.2) is 0 Å². The van der Waals surface area contributed by atoms with Gasteiger partial charge in [-0.15, -0.1) is 5.10 Å². The number of rotatable bonds is 4. The molecule has 1 heterocycles. The molecule has 0 spiro atoms. The molecule has 0 radical (unpaired) electrons.